The van der Waals surface area contributed by atoms with Crippen molar-refractivity contribution in [1.82, 2.24) is 19.7 Å². The Hall–Kier alpha value is -2.73. The molecule has 0 saturated heterocycles. The molecule has 3 aromatic rings. The van der Waals surface area contributed by atoms with E-state index < -0.39 is 6.10 Å². The summed E-state index contributed by atoms with van der Waals surface area (Å²) in [6, 6.07) is 11.9. The average Bonchev–Trinajstić information content (AvgIpc) is 2.93. The number of anilines is 1. The number of aliphatic hydroxyl groups excluding tert-OH is 1. The zero-order chi connectivity index (χ0) is 16.9. The molecule has 0 spiro atoms. The fraction of sp³-hybridized carbons (Fsp3) is 0.278. The van der Waals surface area contributed by atoms with E-state index in [1.165, 1.54) is 0 Å². The highest BCUT2D eigenvalue weighted by Gasteiger charge is 2.09. The zero-order valence-electron chi connectivity index (χ0n) is 13.8. The van der Waals surface area contributed by atoms with Crippen molar-refractivity contribution in [3.05, 3.63) is 65.7 Å². The van der Waals surface area contributed by atoms with Gasteiger partial charge in [0, 0.05) is 18.7 Å². The summed E-state index contributed by atoms with van der Waals surface area (Å²) >= 11 is 0. The monoisotopic (exact) mass is 323 g/mol. The Labute approximate surface area is 141 Å². The van der Waals surface area contributed by atoms with Gasteiger partial charge in [0.25, 0.3) is 0 Å². The van der Waals surface area contributed by atoms with Gasteiger partial charge in [-0.15, -0.1) is 0 Å². The highest BCUT2D eigenvalue weighted by Crippen LogP contribution is 2.11. The molecule has 6 nitrogen and oxygen atoms in total. The number of benzene rings is 1. The first-order chi connectivity index (χ1) is 11.6. The van der Waals surface area contributed by atoms with Crippen molar-refractivity contribution < 1.29 is 5.11 Å². The fourth-order valence-electron chi connectivity index (χ4n) is 2.58. The highest BCUT2D eigenvalue weighted by atomic mass is 16.3. The van der Waals surface area contributed by atoms with Crippen molar-refractivity contribution in [3.63, 3.8) is 0 Å². The summed E-state index contributed by atoms with van der Waals surface area (Å²) in [6.07, 6.45) is 3.42. The third-order valence-corrected chi connectivity index (χ3v) is 3.68. The van der Waals surface area contributed by atoms with Gasteiger partial charge in [-0.25, -0.2) is 9.67 Å². The highest BCUT2D eigenvalue weighted by molar-refractivity contribution is 5.36. The molecule has 2 heterocycles. The third kappa shape index (κ3) is 3.97. The van der Waals surface area contributed by atoms with Crippen molar-refractivity contribution in [3.8, 4) is 5.82 Å². The summed E-state index contributed by atoms with van der Waals surface area (Å²) in [7, 11) is 0. The van der Waals surface area contributed by atoms with Gasteiger partial charge >= 0.3 is 0 Å². The molecule has 1 atom stereocenters. The van der Waals surface area contributed by atoms with Crippen LogP contribution < -0.4 is 5.32 Å². The van der Waals surface area contributed by atoms with Crippen LogP contribution in [-0.4, -0.2) is 37.5 Å². The van der Waals surface area contributed by atoms with Crippen molar-refractivity contribution >= 4 is 5.82 Å². The Balaban J connectivity index is 1.63. The van der Waals surface area contributed by atoms with Gasteiger partial charge in [-0.1, -0.05) is 30.3 Å². The first-order valence-electron chi connectivity index (χ1n) is 7.93. The van der Waals surface area contributed by atoms with Crippen LogP contribution in [0.5, 0.6) is 0 Å². The minimum Gasteiger partial charge on any atom is -0.391 e. The quantitative estimate of drug-likeness (QED) is 0.728. The molecule has 2 N–H and O–H groups in total. The molecule has 24 heavy (non-hydrogen) atoms. The first kappa shape index (κ1) is 16.1. The van der Waals surface area contributed by atoms with Crippen molar-refractivity contribution in [1.29, 1.82) is 0 Å². The lowest BCUT2D eigenvalue weighted by atomic mass is 10.1. The number of nitrogens with one attached hydrogen (secondary N) is 1. The van der Waals surface area contributed by atoms with E-state index in [1.54, 1.807) is 17.1 Å². The van der Waals surface area contributed by atoms with E-state index in [-0.39, 0.29) is 0 Å². The van der Waals surface area contributed by atoms with Crippen LogP contribution in [0.2, 0.25) is 0 Å². The second-order valence-corrected chi connectivity index (χ2v) is 5.83. The van der Waals surface area contributed by atoms with Gasteiger partial charge in [-0.05, 0) is 25.5 Å². The van der Waals surface area contributed by atoms with E-state index in [0.717, 1.165) is 17.0 Å². The smallest absolute Gasteiger partial charge is 0.174 e. The van der Waals surface area contributed by atoms with Crippen LogP contribution in [0.25, 0.3) is 5.82 Å². The zero-order valence-corrected chi connectivity index (χ0v) is 13.8. The third-order valence-electron chi connectivity index (χ3n) is 3.68. The normalized spacial score (nSPS) is 12.1. The molecule has 0 aliphatic carbocycles. The van der Waals surface area contributed by atoms with Crippen molar-refractivity contribution in [2.75, 3.05) is 11.9 Å². The second-order valence-electron chi connectivity index (χ2n) is 5.83. The number of aliphatic hydroxyl groups is 1. The number of rotatable bonds is 6. The molecule has 0 aliphatic heterocycles. The van der Waals surface area contributed by atoms with Crippen LogP contribution >= 0.6 is 0 Å². The number of hydrogen-bond donors (Lipinski definition) is 2. The molecule has 0 bridgehead atoms. The topological polar surface area (TPSA) is 75.9 Å². The van der Waals surface area contributed by atoms with Crippen molar-refractivity contribution in [2.45, 2.75) is 26.4 Å². The molecule has 0 radical (unpaired) electrons. The van der Waals surface area contributed by atoms with Crippen molar-refractivity contribution in [2.24, 2.45) is 0 Å². The molecule has 124 valence electrons. The summed E-state index contributed by atoms with van der Waals surface area (Å²) in [6.45, 7) is 4.33. The van der Waals surface area contributed by atoms with Gasteiger partial charge in [0.15, 0.2) is 5.82 Å². The van der Waals surface area contributed by atoms with Crippen LogP contribution in [-0.2, 0) is 6.42 Å². The van der Waals surface area contributed by atoms with E-state index in [1.807, 2.05) is 50.2 Å². The summed E-state index contributed by atoms with van der Waals surface area (Å²) in [5.41, 5.74) is 3.04. The molecule has 0 fully saturated rings. The predicted molar refractivity (Wildman–Crippen MR) is 93.3 cm³/mol. The Kier molecular flexibility index (Phi) is 4.86. The molecule has 0 amide bonds. The molecular weight excluding hydrogens is 302 g/mol. The van der Waals surface area contributed by atoms with E-state index in [0.29, 0.717) is 24.6 Å². The minimum atomic E-state index is -0.494. The fourth-order valence-corrected chi connectivity index (χ4v) is 2.58. The Morgan fingerprint density at radius 3 is 2.67 bits per heavy atom. The van der Waals surface area contributed by atoms with Crippen LogP contribution in [0.4, 0.5) is 5.82 Å². The lowest BCUT2D eigenvalue weighted by Crippen LogP contribution is -2.22. The summed E-state index contributed by atoms with van der Waals surface area (Å²) in [4.78, 5) is 8.72. The summed E-state index contributed by atoms with van der Waals surface area (Å²) in [5.74, 6) is 1.27. The molecule has 1 unspecified atom stereocenters. The van der Waals surface area contributed by atoms with E-state index in [4.69, 9.17) is 0 Å². The first-order valence-corrected chi connectivity index (χ1v) is 7.93. The summed E-state index contributed by atoms with van der Waals surface area (Å²) in [5, 5.41) is 17.7. The van der Waals surface area contributed by atoms with Gasteiger partial charge in [0.05, 0.1) is 24.2 Å². The van der Waals surface area contributed by atoms with Gasteiger partial charge in [-0.2, -0.15) is 5.10 Å². The maximum Gasteiger partial charge on any atom is 0.174 e. The molecule has 1 aromatic carbocycles. The predicted octanol–water partition coefficient (Wildman–Crippen LogP) is 2.29. The number of hydrogen-bond acceptors (Lipinski definition) is 5. The van der Waals surface area contributed by atoms with Crippen LogP contribution in [0.3, 0.4) is 0 Å². The minimum absolute atomic E-state index is 0.407. The van der Waals surface area contributed by atoms with Crippen LogP contribution in [0, 0.1) is 13.8 Å². The van der Waals surface area contributed by atoms with E-state index >= 15 is 0 Å². The largest absolute Gasteiger partial charge is 0.391 e. The Morgan fingerprint density at radius 1 is 1.17 bits per heavy atom. The maximum atomic E-state index is 10.2. The van der Waals surface area contributed by atoms with Crippen LogP contribution in [0.1, 0.15) is 17.0 Å². The second kappa shape index (κ2) is 7.23. The van der Waals surface area contributed by atoms with Gasteiger partial charge in [-0.3, -0.25) is 4.98 Å². The van der Waals surface area contributed by atoms with Crippen LogP contribution in [0.15, 0.2) is 48.8 Å². The lowest BCUT2D eigenvalue weighted by molar-refractivity contribution is 0.188. The Bertz CT molecular complexity index is 800. The van der Waals surface area contributed by atoms with E-state index in [9.17, 15) is 5.11 Å². The molecule has 6 heteroatoms. The molecule has 0 aliphatic rings. The van der Waals surface area contributed by atoms with Gasteiger partial charge < -0.3 is 10.4 Å². The number of aromatic nitrogens is 4. The lowest BCUT2D eigenvalue weighted by Gasteiger charge is -2.13. The Morgan fingerprint density at radius 2 is 1.96 bits per heavy atom. The number of nitrogens with zero attached hydrogens (tertiary/aromatic N) is 4. The van der Waals surface area contributed by atoms with Gasteiger partial charge in [0.2, 0.25) is 0 Å². The maximum absolute atomic E-state index is 10.2. The SMILES string of the molecule is Cc1cc(C)n(-c2cncc(NCC(O)Cc3ccccc3)n2)n1. The average molecular weight is 323 g/mol. The number of aryl methyl sites for hydroxylation is 2. The molecule has 3 rings (SSSR count). The molecule has 2 aromatic heterocycles. The molecular formula is C18H21N5O. The standard InChI is InChI=1S/C18H21N5O/c1-13-8-14(2)23(22-13)18-12-19-11-17(21-18)20-10-16(24)9-15-6-4-3-5-7-15/h3-8,11-12,16,24H,9-10H2,1-2H3,(H,20,21). The van der Waals surface area contributed by atoms with Gasteiger partial charge in [0.1, 0.15) is 5.82 Å². The summed E-state index contributed by atoms with van der Waals surface area (Å²) < 4.78 is 1.76. The molecule has 0 saturated carbocycles. The van der Waals surface area contributed by atoms with E-state index in [2.05, 4.69) is 20.4 Å².